The Morgan fingerprint density at radius 3 is 2.25 bits per heavy atom. The van der Waals surface area contributed by atoms with Gasteiger partial charge in [0.05, 0.1) is 27.5 Å². The van der Waals surface area contributed by atoms with E-state index in [1.807, 2.05) is 60.5 Å². The molecule has 4 heterocycles. The molecule has 2 saturated carbocycles. The SMILES string of the molecule is Cc1c(CC(=O)c2nc3c(n2C)CCN(C)C3)cccc1-c1cccc(NC(=O)c2nc3c(n2C)CCN(CC24CCC(C(=O)O)(CC2)C4)C3)c1Cl. The first-order chi connectivity index (χ1) is 24.9. The van der Waals surface area contributed by atoms with Crippen molar-refractivity contribution in [3.8, 4) is 11.1 Å². The van der Waals surface area contributed by atoms with Gasteiger partial charge in [-0.25, -0.2) is 9.97 Å². The predicted octanol–water partition coefficient (Wildman–Crippen LogP) is 5.84. The van der Waals surface area contributed by atoms with Gasteiger partial charge in [0.15, 0.2) is 11.6 Å². The molecule has 2 fully saturated rings. The van der Waals surface area contributed by atoms with E-state index in [1.165, 1.54) is 0 Å². The molecule has 2 aromatic heterocycles. The Kier molecular flexibility index (Phi) is 8.66. The first-order valence-electron chi connectivity index (χ1n) is 18.3. The number of carboxylic acid groups (broad SMARTS) is 1. The van der Waals surface area contributed by atoms with Crippen LogP contribution in [0.4, 0.5) is 5.69 Å². The van der Waals surface area contributed by atoms with Gasteiger partial charge in [0.1, 0.15) is 0 Å². The molecule has 4 aromatic rings. The van der Waals surface area contributed by atoms with Gasteiger partial charge < -0.3 is 24.5 Å². The number of imidazole rings is 2. The summed E-state index contributed by atoms with van der Waals surface area (Å²) in [6, 6.07) is 11.5. The molecule has 0 saturated heterocycles. The van der Waals surface area contributed by atoms with Crippen LogP contribution in [0.2, 0.25) is 5.02 Å². The molecule has 52 heavy (non-hydrogen) atoms. The van der Waals surface area contributed by atoms with Crippen LogP contribution in [-0.2, 0) is 51.2 Å². The monoisotopic (exact) mass is 723 g/mol. The lowest BCUT2D eigenvalue weighted by atomic mass is 9.81. The van der Waals surface area contributed by atoms with Gasteiger partial charge in [-0.2, -0.15) is 0 Å². The maximum Gasteiger partial charge on any atom is 0.309 e. The van der Waals surface area contributed by atoms with Crippen molar-refractivity contribution in [2.45, 2.75) is 71.4 Å². The van der Waals surface area contributed by atoms with Crippen LogP contribution in [0.25, 0.3) is 11.1 Å². The molecule has 0 unspecified atom stereocenters. The molecular formula is C40H46ClN7O4. The molecule has 2 N–H and O–H groups in total. The summed E-state index contributed by atoms with van der Waals surface area (Å²) in [5.74, 6) is -0.173. The summed E-state index contributed by atoms with van der Waals surface area (Å²) in [5, 5.41) is 13.3. The maximum atomic E-state index is 13.7. The third kappa shape index (κ3) is 5.87. The molecule has 4 aliphatic rings. The highest BCUT2D eigenvalue weighted by atomic mass is 35.5. The average molecular weight is 724 g/mol. The fourth-order valence-electron chi connectivity index (χ4n) is 9.57. The molecule has 2 aliphatic heterocycles. The standard InChI is InChI=1S/C40H46ClN7O4/c1-24-25(19-33(49)35-42-29-20-45(2)17-11-31(29)46(35)3)7-5-8-26(24)27-9-6-10-28(34(27)41)44-37(50)36-43-30-21-48(18-12-32(30)47(36)4)23-39-13-15-40(22-39,16-14-39)38(51)52/h5-10H,11-23H2,1-4H3,(H,44,50)(H,51,52). The van der Waals surface area contributed by atoms with E-state index in [-0.39, 0.29) is 23.5 Å². The molecule has 2 aliphatic carbocycles. The summed E-state index contributed by atoms with van der Waals surface area (Å²) in [6.45, 7) is 6.07. The van der Waals surface area contributed by atoms with Crippen molar-refractivity contribution in [2.24, 2.45) is 24.9 Å². The zero-order valence-corrected chi connectivity index (χ0v) is 31.1. The first-order valence-corrected chi connectivity index (χ1v) is 18.7. The third-order valence-electron chi connectivity index (χ3n) is 12.6. The van der Waals surface area contributed by atoms with E-state index in [4.69, 9.17) is 21.6 Å². The van der Waals surface area contributed by atoms with Crippen molar-refractivity contribution in [3.05, 3.63) is 87.0 Å². The van der Waals surface area contributed by atoms with Gasteiger partial charge in [0, 0.05) is 83.0 Å². The number of fused-ring (bicyclic) bond motifs is 4. The molecule has 8 rings (SSSR count). The van der Waals surface area contributed by atoms with E-state index in [1.54, 1.807) is 6.07 Å². The number of aliphatic carboxylic acids is 1. The Labute approximate surface area is 309 Å². The zero-order chi connectivity index (χ0) is 36.5. The van der Waals surface area contributed by atoms with Crippen LogP contribution in [0.1, 0.15) is 87.2 Å². The Morgan fingerprint density at radius 2 is 1.52 bits per heavy atom. The number of Topliss-reactive ketones (excluding diaryl/α,β-unsaturated/α-hetero) is 1. The molecule has 0 spiro atoms. The van der Waals surface area contributed by atoms with E-state index in [2.05, 4.69) is 22.2 Å². The van der Waals surface area contributed by atoms with Crippen LogP contribution in [0.5, 0.6) is 0 Å². The fourth-order valence-corrected chi connectivity index (χ4v) is 9.85. The van der Waals surface area contributed by atoms with Crippen molar-refractivity contribution in [1.29, 1.82) is 0 Å². The largest absolute Gasteiger partial charge is 0.481 e. The van der Waals surface area contributed by atoms with Gasteiger partial charge in [-0.1, -0.05) is 41.9 Å². The summed E-state index contributed by atoms with van der Waals surface area (Å²) < 4.78 is 3.84. The summed E-state index contributed by atoms with van der Waals surface area (Å²) in [4.78, 5) is 53.5. The number of nitrogens with one attached hydrogen (secondary N) is 1. The summed E-state index contributed by atoms with van der Waals surface area (Å²) in [5.41, 5.74) is 7.59. The minimum Gasteiger partial charge on any atom is -0.481 e. The summed E-state index contributed by atoms with van der Waals surface area (Å²) in [6.07, 6.45) is 6.11. The normalized spacial score (nSPS) is 22.7. The van der Waals surface area contributed by atoms with Gasteiger partial charge >= 0.3 is 5.97 Å². The number of hydrogen-bond donors (Lipinski definition) is 2. The average Bonchev–Trinajstić information content (AvgIpc) is 3.86. The number of halogens is 1. The minimum atomic E-state index is -0.637. The van der Waals surface area contributed by atoms with Crippen molar-refractivity contribution in [2.75, 3.05) is 32.0 Å². The number of ketones is 1. The van der Waals surface area contributed by atoms with E-state index in [0.717, 1.165) is 116 Å². The molecule has 272 valence electrons. The number of hydrogen-bond acceptors (Lipinski definition) is 7. The number of likely N-dealkylation sites (N-methyl/N-ethyl adjacent to an activating group) is 1. The van der Waals surface area contributed by atoms with Crippen LogP contribution in [-0.4, -0.2) is 78.4 Å². The number of carboxylic acids is 1. The second kappa shape index (κ2) is 13.0. The molecule has 1 amide bonds. The number of carbonyl (C=O) groups is 3. The van der Waals surface area contributed by atoms with Crippen LogP contribution >= 0.6 is 11.6 Å². The third-order valence-corrected chi connectivity index (χ3v) is 13.0. The number of nitrogens with zero attached hydrogens (tertiary/aromatic N) is 6. The fraction of sp³-hybridized carbons (Fsp3) is 0.475. The number of amides is 1. The molecule has 0 atom stereocenters. The van der Waals surface area contributed by atoms with E-state index >= 15 is 0 Å². The number of benzene rings is 2. The van der Waals surface area contributed by atoms with Crippen molar-refractivity contribution < 1.29 is 19.5 Å². The van der Waals surface area contributed by atoms with Crippen LogP contribution in [0.15, 0.2) is 36.4 Å². The first kappa shape index (κ1) is 34.7. The Balaban J connectivity index is 0.973. The second-order valence-electron chi connectivity index (χ2n) is 15.8. The van der Waals surface area contributed by atoms with Crippen molar-refractivity contribution in [1.82, 2.24) is 28.9 Å². The molecule has 11 nitrogen and oxygen atoms in total. The molecule has 2 bridgehead atoms. The van der Waals surface area contributed by atoms with Gasteiger partial charge in [-0.3, -0.25) is 19.3 Å². The second-order valence-corrected chi connectivity index (χ2v) is 16.2. The van der Waals surface area contributed by atoms with Crippen LogP contribution in [0, 0.1) is 17.8 Å². The zero-order valence-electron chi connectivity index (χ0n) is 30.4. The van der Waals surface area contributed by atoms with Crippen LogP contribution < -0.4 is 5.32 Å². The molecular weight excluding hydrogens is 678 g/mol. The lowest BCUT2D eigenvalue weighted by Crippen LogP contribution is -2.39. The van der Waals surface area contributed by atoms with E-state index in [9.17, 15) is 19.5 Å². The molecule has 0 radical (unpaired) electrons. The molecule has 12 heteroatoms. The number of aromatic nitrogens is 4. The topological polar surface area (TPSA) is 126 Å². The lowest BCUT2D eigenvalue weighted by Gasteiger charge is -2.35. The lowest BCUT2D eigenvalue weighted by molar-refractivity contribution is -0.148. The van der Waals surface area contributed by atoms with Gasteiger partial charge in [0.2, 0.25) is 5.78 Å². The molecule has 2 aromatic carbocycles. The Morgan fingerprint density at radius 1 is 0.865 bits per heavy atom. The van der Waals surface area contributed by atoms with Crippen LogP contribution in [0.3, 0.4) is 0 Å². The maximum absolute atomic E-state index is 13.7. The highest BCUT2D eigenvalue weighted by Gasteiger charge is 2.58. The smallest absolute Gasteiger partial charge is 0.309 e. The van der Waals surface area contributed by atoms with Gasteiger partial charge in [-0.15, -0.1) is 0 Å². The van der Waals surface area contributed by atoms with Gasteiger partial charge in [-0.05, 0) is 74.2 Å². The quantitative estimate of drug-likeness (QED) is 0.207. The minimum absolute atomic E-state index is 0.0234. The van der Waals surface area contributed by atoms with E-state index < -0.39 is 11.4 Å². The number of carbonyl (C=O) groups excluding carboxylic acids is 2. The van der Waals surface area contributed by atoms with Crippen molar-refractivity contribution in [3.63, 3.8) is 0 Å². The number of rotatable bonds is 9. The van der Waals surface area contributed by atoms with Gasteiger partial charge in [0.25, 0.3) is 5.91 Å². The number of anilines is 1. The predicted molar refractivity (Wildman–Crippen MR) is 199 cm³/mol. The summed E-state index contributed by atoms with van der Waals surface area (Å²) >= 11 is 7.02. The Hall–Kier alpha value is -4.32. The Bertz CT molecular complexity index is 2130. The summed E-state index contributed by atoms with van der Waals surface area (Å²) in [7, 11) is 5.89. The highest BCUT2D eigenvalue weighted by molar-refractivity contribution is 6.36. The van der Waals surface area contributed by atoms with Crippen molar-refractivity contribution >= 4 is 34.9 Å². The van der Waals surface area contributed by atoms with E-state index in [0.29, 0.717) is 28.9 Å². The highest BCUT2D eigenvalue weighted by Crippen LogP contribution is 2.62.